The molecule has 2 unspecified atom stereocenters. The number of fused-ring (bicyclic) bond motifs is 9. The molecule has 0 fully saturated rings. The zero-order valence-corrected chi connectivity index (χ0v) is 48.3. The van der Waals surface area contributed by atoms with Crippen LogP contribution >= 0.6 is 22.7 Å². The molecule has 6 aromatic carbocycles. The standard InChI is InChI=1S/C72H42F4O12S2/c73-57-29-45-46(30-58(57)74)62(78)51(61(45)77)25-43-27-55-65(89-43)49-21-42-24-54-50(22-41(42)23-53(49)71(55,67(81)85-33-37-13-5-1-6-14-37)68(82)86-34-38-15-7-2-8-16-38)66-56(28-44(90-66)26-52-63(79)47-31-59(75)60(76)32-48(47)64(52)80)72(54,69(83)87-35-39-17-9-3-10-18-39)70(84)88-36-40-19-11-4-12-20-40/h1-32,41-42H,33-36H2. The van der Waals surface area contributed by atoms with Crippen LogP contribution in [0.4, 0.5) is 17.6 Å². The molecule has 0 radical (unpaired) electrons. The quantitative estimate of drug-likeness (QED) is 0.0252. The zero-order chi connectivity index (χ0) is 62.3. The predicted molar refractivity (Wildman–Crippen MR) is 322 cm³/mol. The van der Waals surface area contributed by atoms with Crippen molar-refractivity contribution < 1.29 is 74.9 Å². The number of allylic oxidation sites excluding steroid dienone is 8. The Labute approximate surface area is 517 Å². The second kappa shape index (κ2) is 22.2. The van der Waals surface area contributed by atoms with Gasteiger partial charge in [0.05, 0.1) is 11.1 Å². The van der Waals surface area contributed by atoms with Crippen molar-refractivity contribution in [3.05, 3.63) is 303 Å². The number of Topliss-reactive ketones (excluding diaryl/α,β-unsaturated/α-hetero) is 4. The molecule has 442 valence electrons. The average molecular weight is 1240 g/mol. The number of hydrogen-bond donors (Lipinski definition) is 0. The van der Waals surface area contributed by atoms with E-state index >= 15 is 19.2 Å². The summed E-state index contributed by atoms with van der Waals surface area (Å²) in [5.41, 5.74) is -3.77. The lowest BCUT2D eigenvalue weighted by atomic mass is 9.68. The van der Waals surface area contributed by atoms with Gasteiger partial charge in [-0.25, -0.2) is 17.6 Å². The monoisotopic (exact) mass is 1240 g/mol. The second-order valence-electron chi connectivity index (χ2n) is 22.1. The van der Waals surface area contributed by atoms with Gasteiger partial charge in [-0.1, -0.05) is 146 Å². The molecular weight excluding hydrogens is 1200 g/mol. The molecule has 0 N–H and O–H groups in total. The van der Waals surface area contributed by atoms with E-state index in [1.165, 1.54) is 24.3 Å². The van der Waals surface area contributed by atoms with Crippen molar-refractivity contribution in [2.24, 2.45) is 11.8 Å². The molecule has 0 spiro atoms. The summed E-state index contributed by atoms with van der Waals surface area (Å²) in [6.45, 7) is -1.20. The van der Waals surface area contributed by atoms with E-state index in [1.807, 2.05) is 0 Å². The number of ether oxygens (including phenoxy) is 4. The van der Waals surface area contributed by atoms with E-state index in [-0.39, 0.29) is 80.7 Å². The predicted octanol–water partition coefficient (Wildman–Crippen LogP) is 13.3. The Morgan fingerprint density at radius 2 is 0.656 bits per heavy atom. The fourth-order valence-corrected chi connectivity index (χ4v) is 14.9. The fourth-order valence-electron chi connectivity index (χ4n) is 12.5. The van der Waals surface area contributed by atoms with E-state index in [1.54, 1.807) is 146 Å². The number of benzene rings is 6. The van der Waals surface area contributed by atoms with E-state index < -0.39 is 104 Å². The SMILES string of the molecule is O=C1C(=Cc2cc3c(s2)C2=CC4C=C5C(=CC4C=C2C3(C(=O)OCc2ccccc2)C(=O)OCc2ccccc2)c2sc(C=C3C(=O)c4cc(F)c(F)cc4C3=O)cc2C5(C(=O)OCc2ccccc2)C(=O)OCc2ccccc2)C(=O)c2cc(F)c(F)cc21. The molecule has 0 bridgehead atoms. The molecule has 14 rings (SSSR count). The minimum absolute atomic E-state index is 0.0600. The maximum Gasteiger partial charge on any atom is 0.333 e. The van der Waals surface area contributed by atoms with Gasteiger partial charge in [-0.05, 0) is 93.1 Å². The van der Waals surface area contributed by atoms with Crippen LogP contribution in [0.15, 0.2) is 204 Å². The van der Waals surface area contributed by atoms with Crippen molar-refractivity contribution in [3.8, 4) is 0 Å². The van der Waals surface area contributed by atoms with Gasteiger partial charge in [0, 0.05) is 64.7 Å². The lowest BCUT2D eigenvalue weighted by molar-refractivity contribution is -0.166. The van der Waals surface area contributed by atoms with Gasteiger partial charge in [-0.15, -0.1) is 22.7 Å². The maximum atomic E-state index is 15.6. The number of halogens is 4. The highest BCUT2D eigenvalue weighted by Crippen LogP contribution is 2.62. The molecule has 0 saturated carbocycles. The van der Waals surface area contributed by atoms with E-state index in [0.717, 1.165) is 22.7 Å². The molecule has 6 aliphatic carbocycles. The minimum Gasteiger partial charge on any atom is -0.459 e. The topological polar surface area (TPSA) is 173 Å². The summed E-state index contributed by atoms with van der Waals surface area (Å²) in [4.78, 5) is 119. The van der Waals surface area contributed by atoms with Crippen molar-refractivity contribution >= 4 is 93.0 Å². The molecule has 18 heteroatoms. The Balaban J connectivity index is 0.952. The van der Waals surface area contributed by atoms with E-state index in [2.05, 4.69) is 0 Å². The van der Waals surface area contributed by atoms with Gasteiger partial charge in [0.15, 0.2) is 46.4 Å². The largest absolute Gasteiger partial charge is 0.459 e. The molecule has 0 amide bonds. The summed E-state index contributed by atoms with van der Waals surface area (Å²) in [6.07, 6.45) is 9.45. The number of ketones is 4. The van der Waals surface area contributed by atoms with Crippen LogP contribution in [-0.4, -0.2) is 47.0 Å². The molecule has 2 aromatic heterocycles. The van der Waals surface area contributed by atoms with Gasteiger partial charge < -0.3 is 18.9 Å². The Morgan fingerprint density at radius 3 is 0.922 bits per heavy atom. The van der Waals surface area contributed by atoms with Crippen molar-refractivity contribution in [2.75, 3.05) is 0 Å². The van der Waals surface area contributed by atoms with Gasteiger partial charge in [0.25, 0.3) is 0 Å². The lowest BCUT2D eigenvalue weighted by Gasteiger charge is -2.35. The highest BCUT2D eigenvalue weighted by molar-refractivity contribution is 7.15. The Hall–Kier alpha value is -10.6. The van der Waals surface area contributed by atoms with Gasteiger partial charge in [0.1, 0.15) is 26.4 Å². The maximum absolute atomic E-state index is 15.6. The molecule has 2 atom stereocenters. The number of esters is 4. The van der Waals surface area contributed by atoms with Crippen LogP contribution in [-0.2, 0) is 75.4 Å². The molecule has 12 nitrogen and oxygen atoms in total. The number of hydrogen-bond acceptors (Lipinski definition) is 14. The highest BCUT2D eigenvalue weighted by Gasteiger charge is 2.64. The molecule has 2 heterocycles. The Morgan fingerprint density at radius 1 is 0.389 bits per heavy atom. The third-order valence-corrected chi connectivity index (χ3v) is 19.0. The van der Waals surface area contributed by atoms with Crippen LogP contribution in [0.2, 0.25) is 0 Å². The Bertz CT molecular complexity index is 4210. The molecule has 8 aromatic rings. The van der Waals surface area contributed by atoms with Gasteiger partial charge >= 0.3 is 23.9 Å². The van der Waals surface area contributed by atoms with Crippen molar-refractivity contribution in [1.29, 1.82) is 0 Å². The fraction of sp³-hybridized carbons (Fsp3) is 0.111. The van der Waals surface area contributed by atoms with Gasteiger partial charge in [0.2, 0.25) is 10.8 Å². The summed E-state index contributed by atoms with van der Waals surface area (Å²) in [5.74, 6) is -14.7. The number of carbonyl (C=O) groups excluding carboxylic acids is 8. The number of thiophene rings is 2. The van der Waals surface area contributed by atoms with E-state index in [9.17, 15) is 36.7 Å². The summed E-state index contributed by atoms with van der Waals surface area (Å²) in [7, 11) is 0. The van der Waals surface area contributed by atoms with Crippen molar-refractivity contribution in [1.82, 2.24) is 0 Å². The first-order valence-corrected chi connectivity index (χ1v) is 29.8. The summed E-state index contributed by atoms with van der Waals surface area (Å²) < 4.78 is 82.9. The van der Waals surface area contributed by atoms with Gasteiger partial charge in [-0.3, -0.25) is 38.4 Å². The van der Waals surface area contributed by atoms with Crippen LogP contribution in [0.5, 0.6) is 0 Å². The second-order valence-corrected chi connectivity index (χ2v) is 24.2. The average Bonchev–Trinajstić information content (AvgIpc) is 1.52. The van der Waals surface area contributed by atoms with E-state index in [0.29, 0.717) is 67.4 Å². The zero-order valence-electron chi connectivity index (χ0n) is 46.7. The molecule has 90 heavy (non-hydrogen) atoms. The van der Waals surface area contributed by atoms with Crippen molar-refractivity contribution in [3.63, 3.8) is 0 Å². The summed E-state index contributed by atoms with van der Waals surface area (Å²) in [6, 6.07) is 40.4. The first kappa shape index (κ1) is 57.2. The third-order valence-electron chi connectivity index (χ3n) is 16.8. The molecular formula is C72H42F4O12S2. The van der Waals surface area contributed by atoms with E-state index in [4.69, 9.17) is 18.9 Å². The number of carbonyl (C=O) groups is 8. The minimum atomic E-state index is -2.43. The Kier molecular flexibility index (Phi) is 14.1. The van der Waals surface area contributed by atoms with Crippen LogP contribution in [0.1, 0.15) is 94.3 Å². The number of rotatable bonds is 14. The molecule has 0 saturated heterocycles. The van der Waals surface area contributed by atoms with Gasteiger partial charge in [-0.2, -0.15) is 0 Å². The molecule has 6 aliphatic rings. The lowest BCUT2D eigenvalue weighted by Crippen LogP contribution is -2.47. The highest BCUT2D eigenvalue weighted by atomic mass is 32.1. The van der Waals surface area contributed by atoms with Crippen LogP contribution in [0, 0.1) is 35.1 Å². The first-order chi connectivity index (χ1) is 43.5. The summed E-state index contributed by atoms with van der Waals surface area (Å²) >= 11 is 2.01. The van der Waals surface area contributed by atoms with Crippen LogP contribution < -0.4 is 0 Å². The third kappa shape index (κ3) is 9.23. The first-order valence-electron chi connectivity index (χ1n) is 28.2. The van der Waals surface area contributed by atoms with Crippen molar-refractivity contribution in [2.45, 2.75) is 37.3 Å². The smallest absolute Gasteiger partial charge is 0.333 e. The summed E-state index contributed by atoms with van der Waals surface area (Å²) in [5, 5.41) is 0. The van der Waals surface area contributed by atoms with Crippen LogP contribution in [0.25, 0.3) is 23.3 Å². The van der Waals surface area contributed by atoms with Crippen LogP contribution in [0.3, 0.4) is 0 Å². The molecule has 0 aliphatic heterocycles. The normalized spacial score (nSPS) is 17.5.